The maximum absolute atomic E-state index is 6.03. The van der Waals surface area contributed by atoms with E-state index in [-0.39, 0.29) is 6.04 Å². The van der Waals surface area contributed by atoms with E-state index in [4.69, 9.17) is 12.2 Å². The molecule has 0 aromatic heterocycles. The number of halogens is 1. The van der Waals surface area contributed by atoms with Gasteiger partial charge >= 0.3 is 0 Å². The molecule has 15 heavy (non-hydrogen) atoms. The molecule has 1 rings (SSSR count). The van der Waals surface area contributed by atoms with E-state index in [1.165, 1.54) is 5.56 Å². The van der Waals surface area contributed by atoms with Crippen LogP contribution >= 0.6 is 15.9 Å². The van der Waals surface area contributed by atoms with Gasteiger partial charge in [-0.25, -0.2) is 0 Å². The van der Waals surface area contributed by atoms with Gasteiger partial charge in [-0.3, -0.25) is 0 Å². The zero-order valence-electron chi connectivity index (χ0n) is 8.75. The Bertz CT molecular complexity index is 341. The first-order valence-corrected chi connectivity index (χ1v) is 5.95. The monoisotopic (exact) mass is 265 g/mol. The maximum atomic E-state index is 6.03. The molecule has 0 heterocycles. The Morgan fingerprint density at radius 2 is 2.13 bits per heavy atom. The van der Waals surface area contributed by atoms with E-state index in [1.54, 1.807) is 0 Å². The lowest BCUT2D eigenvalue weighted by molar-refractivity contribution is 0.586. The molecular weight excluding hydrogens is 250 g/mol. The van der Waals surface area contributed by atoms with Gasteiger partial charge in [-0.2, -0.15) is 0 Å². The molecule has 80 valence electrons. The topological polar surface area (TPSA) is 26.0 Å². The fourth-order valence-corrected chi connectivity index (χ4v) is 1.96. The van der Waals surface area contributed by atoms with Gasteiger partial charge in [-0.05, 0) is 30.9 Å². The highest BCUT2D eigenvalue weighted by molar-refractivity contribution is 9.10. The van der Waals surface area contributed by atoms with Crippen molar-refractivity contribution in [1.82, 2.24) is 0 Å². The van der Waals surface area contributed by atoms with Crippen molar-refractivity contribution in [3.63, 3.8) is 0 Å². The van der Waals surface area contributed by atoms with Gasteiger partial charge in [-0.15, -0.1) is 12.3 Å². The molecule has 0 aliphatic carbocycles. The first-order valence-electron chi connectivity index (χ1n) is 5.16. The average molecular weight is 266 g/mol. The Balaban J connectivity index is 2.41. The zero-order valence-corrected chi connectivity index (χ0v) is 10.3. The average Bonchev–Trinajstić information content (AvgIpc) is 2.22. The molecule has 0 saturated heterocycles. The molecule has 0 aliphatic heterocycles. The number of hydrogen-bond acceptors (Lipinski definition) is 1. The summed E-state index contributed by atoms with van der Waals surface area (Å²) in [6, 6.07) is 8.40. The largest absolute Gasteiger partial charge is 0.327 e. The minimum atomic E-state index is 0.206. The highest BCUT2D eigenvalue weighted by Gasteiger charge is 2.05. The Morgan fingerprint density at radius 1 is 1.40 bits per heavy atom. The van der Waals surface area contributed by atoms with Crippen molar-refractivity contribution in [3.8, 4) is 12.3 Å². The molecule has 0 amide bonds. The lowest BCUT2D eigenvalue weighted by Crippen LogP contribution is -2.22. The molecule has 0 saturated carbocycles. The highest BCUT2D eigenvalue weighted by Crippen LogP contribution is 2.18. The lowest BCUT2D eigenvalue weighted by Gasteiger charge is -2.11. The number of nitrogens with two attached hydrogens (primary N) is 1. The summed E-state index contributed by atoms with van der Waals surface area (Å²) < 4.78 is 1.14. The summed E-state index contributed by atoms with van der Waals surface area (Å²) in [5.74, 6) is 2.63. The van der Waals surface area contributed by atoms with Gasteiger partial charge in [-0.1, -0.05) is 34.1 Å². The Labute approximate surface area is 100 Å². The van der Waals surface area contributed by atoms with E-state index in [1.807, 2.05) is 18.2 Å². The third-order valence-electron chi connectivity index (χ3n) is 2.34. The van der Waals surface area contributed by atoms with Crippen molar-refractivity contribution < 1.29 is 0 Å². The minimum absolute atomic E-state index is 0.206. The summed E-state index contributed by atoms with van der Waals surface area (Å²) >= 11 is 3.52. The van der Waals surface area contributed by atoms with Crippen LogP contribution < -0.4 is 5.73 Å². The molecule has 1 nitrogen and oxygen atoms in total. The third-order valence-corrected chi connectivity index (χ3v) is 3.11. The van der Waals surface area contributed by atoms with Crippen LogP contribution in [0.2, 0.25) is 0 Å². The van der Waals surface area contributed by atoms with Gasteiger partial charge in [0.1, 0.15) is 0 Å². The molecule has 1 unspecified atom stereocenters. The van der Waals surface area contributed by atoms with E-state index in [2.05, 4.69) is 27.9 Å². The molecule has 2 N–H and O–H groups in total. The standard InChI is InChI=1S/C13H16BrN/c1-2-3-4-8-12(15)10-11-7-5-6-9-13(11)14/h1,5-7,9,12H,3-4,8,10,15H2. The molecule has 2 heteroatoms. The Kier molecular flexibility index (Phi) is 5.45. The van der Waals surface area contributed by atoms with E-state index in [0.29, 0.717) is 0 Å². The molecule has 0 fully saturated rings. The van der Waals surface area contributed by atoms with Crippen LogP contribution in [-0.2, 0) is 6.42 Å². The summed E-state index contributed by atoms with van der Waals surface area (Å²) in [5, 5.41) is 0. The molecule has 0 bridgehead atoms. The number of hydrogen-bond donors (Lipinski definition) is 1. The van der Waals surface area contributed by atoms with Gasteiger partial charge in [0.25, 0.3) is 0 Å². The van der Waals surface area contributed by atoms with Gasteiger partial charge in [0.2, 0.25) is 0 Å². The summed E-state index contributed by atoms with van der Waals surface area (Å²) in [6.45, 7) is 0. The van der Waals surface area contributed by atoms with Crippen molar-refractivity contribution in [2.45, 2.75) is 31.7 Å². The van der Waals surface area contributed by atoms with Crippen molar-refractivity contribution in [3.05, 3.63) is 34.3 Å². The quantitative estimate of drug-likeness (QED) is 0.643. The predicted octanol–water partition coefficient (Wildman–Crippen LogP) is 3.12. The first kappa shape index (κ1) is 12.3. The maximum Gasteiger partial charge on any atom is 0.0207 e. The van der Waals surface area contributed by atoms with Crippen molar-refractivity contribution >= 4 is 15.9 Å². The van der Waals surface area contributed by atoms with Gasteiger partial charge in [0.05, 0.1) is 0 Å². The van der Waals surface area contributed by atoms with E-state index >= 15 is 0 Å². The van der Waals surface area contributed by atoms with Gasteiger partial charge in [0, 0.05) is 16.9 Å². The number of benzene rings is 1. The second-order valence-electron chi connectivity index (χ2n) is 3.65. The van der Waals surface area contributed by atoms with Crippen LogP contribution in [-0.4, -0.2) is 6.04 Å². The lowest BCUT2D eigenvalue weighted by atomic mass is 10.0. The van der Waals surface area contributed by atoms with Crippen LogP contribution in [0.3, 0.4) is 0 Å². The van der Waals surface area contributed by atoms with E-state index in [0.717, 1.165) is 30.2 Å². The Morgan fingerprint density at radius 3 is 2.80 bits per heavy atom. The number of unbranched alkanes of at least 4 members (excludes halogenated alkanes) is 1. The Hall–Kier alpha value is -0.780. The van der Waals surface area contributed by atoms with Crippen LogP contribution in [0.5, 0.6) is 0 Å². The minimum Gasteiger partial charge on any atom is -0.327 e. The predicted molar refractivity (Wildman–Crippen MR) is 68.5 cm³/mol. The van der Waals surface area contributed by atoms with Gasteiger partial charge in [0.15, 0.2) is 0 Å². The summed E-state index contributed by atoms with van der Waals surface area (Å²) in [4.78, 5) is 0. The second kappa shape index (κ2) is 6.66. The zero-order chi connectivity index (χ0) is 11.1. The van der Waals surface area contributed by atoms with Crippen LogP contribution in [0.1, 0.15) is 24.8 Å². The van der Waals surface area contributed by atoms with Crippen LogP contribution in [0.4, 0.5) is 0 Å². The van der Waals surface area contributed by atoms with E-state index < -0.39 is 0 Å². The van der Waals surface area contributed by atoms with Crippen molar-refractivity contribution in [2.24, 2.45) is 5.73 Å². The molecule has 0 spiro atoms. The molecule has 1 aromatic rings. The second-order valence-corrected chi connectivity index (χ2v) is 4.51. The first-order chi connectivity index (χ1) is 7.24. The molecule has 0 aliphatic rings. The summed E-state index contributed by atoms with van der Waals surface area (Å²) in [5.41, 5.74) is 7.30. The fourth-order valence-electron chi connectivity index (χ4n) is 1.51. The smallest absolute Gasteiger partial charge is 0.0207 e. The highest BCUT2D eigenvalue weighted by atomic mass is 79.9. The third kappa shape index (κ3) is 4.51. The normalized spacial score (nSPS) is 12.1. The molecule has 0 radical (unpaired) electrons. The van der Waals surface area contributed by atoms with E-state index in [9.17, 15) is 0 Å². The van der Waals surface area contributed by atoms with Crippen molar-refractivity contribution in [2.75, 3.05) is 0 Å². The summed E-state index contributed by atoms with van der Waals surface area (Å²) in [6.07, 6.45) is 8.93. The number of rotatable bonds is 5. The SMILES string of the molecule is C#CCCCC(N)Cc1ccccc1Br. The van der Waals surface area contributed by atoms with Crippen LogP contribution in [0.25, 0.3) is 0 Å². The van der Waals surface area contributed by atoms with Crippen molar-refractivity contribution in [1.29, 1.82) is 0 Å². The van der Waals surface area contributed by atoms with Crippen LogP contribution in [0, 0.1) is 12.3 Å². The molecule has 1 aromatic carbocycles. The fraction of sp³-hybridized carbons (Fsp3) is 0.385. The molecule has 1 atom stereocenters. The van der Waals surface area contributed by atoms with Gasteiger partial charge < -0.3 is 5.73 Å². The molecular formula is C13H16BrN. The number of terminal acetylenes is 1. The van der Waals surface area contributed by atoms with Crippen LogP contribution in [0.15, 0.2) is 28.7 Å². The summed E-state index contributed by atoms with van der Waals surface area (Å²) in [7, 11) is 0.